The minimum absolute atomic E-state index is 0. The summed E-state index contributed by atoms with van der Waals surface area (Å²) < 4.78 is 0. The van der Waals surface area contributed by atoms with Gasteiger partial charge < -0.3 is 32.1 Å². The van der Waals surface area contributed by atoms with Crippen molar-refractivity contribution in [2.45, 2.75) is 75.2 Å². The zero-order chi connectivity index (χ0) is 25.6. The molecule has 10 nitrogen and oxygen atoms in total. The fourth-order valence-electron chi connectivity index (χ4n) is 3.78. The van der Waals surface area contributed by atoms with E-state index in [1.54, 1.807) is 24.3 Å². The Morgan fingerprint density at radius 2 is 1.80 bits per heavy atom. The highest BCUT2D eigenvalue weighted by Crippen LogP contribution is 2.25. The minimum Gasteiger partial charge on any atom is -0.381 e. The van der Waals surface area contributed by atoms with E-state index >= 15 is 0 Å². The van der Waals surface area contributed by atoms with Gasteiger partial charge >= 0.3 is 0 Å². The quantitative estimate of drug-likeness (QED) is 0.277. The number of nitrogens with two attached hydrogens (primary N) is 2. The Morgan fingerprint density at radius 3 is 2.34 bits per heavy atom. The van der Waals surface area contributed by atoms with Crippen LogP contribution in [-0.2, 0) is 25.6 Å². The Kier molecular flexibility index (Phi) is 11.4. The van der Waals surface area contributed by atoms with E-state index in [0.29, 0.717) is 0 Å². The zero-order valence-electron chi connectivity index (χ0n) is 20.1. The SMILES string of the molecule is CC(C)(C)NC(=O)[C@@H]1CC(Cl)CN1C(=O)C(O)C(Cc1ccccc1)NC(=O)[C@@H](N)CC(N)=O.Cl. The second-order valence-corrected chi connectivity index (χ2v) is 10.2. The van der Waals surface area contributed by atoms with Gasteiger partial charge in [-0.15, -0.1) is 24.0 Å². The Labute approximate surface area is 216 Å². The fourth-order valence-corrected chi connectivity index (χ4v) is 4.10. The fraction of sp³-hybridized carbons (Fsp3) is 0.565. The van der Waals surface area contributed by atoms with Crippen LogP contribution in [0.2, 0.25) is 0 Å². The molecule has 1 aromatic carbocycles. The number of amides is 4. The molecule has 1 aliphatic heterocycles. The molecule has 2 rings (SSSR count). The summed E-state index contributed by atoms with van der Waals surface area (Å²) in [6, 6.07) is 5.79. The highest BCUT2D eigenvalue weighted by Gasteiger charge is 2.43. The molecule has 1 aromatic rings. The summed E-state index contributed by atoms with van der Waals surface area (Å²) in [5.41, 5.74) is 11.1. The average molecular weight is 532 g/mol. The van der Waals surface area contributed by atoms with Gasteiger partial charge in [0.15, 0.2) is 6.10 Å². The molecule has 1 fully saturated rings. The third-order valence-electron chi connectivity index (χ3n) is 5.35. The number of hydrogen-bond acceptors (Lipinski definition) is 6. The number of hydrogen-bond donors (Lipinski definition) is 5. The summed E-state index contributed by atoms with van der Waals surface area (Å²) in [4.78, 5) is 51.0. The van der Waals surface area contributed by atoms with E-state index in [-0.39, 0.29) is 44.1 Å². The highest BCUT2D eigenvalue weighted by molar-refractivity contribution is 6.21. The second-order valence-electron chi connectivity index (χ2n) is 9.61. The summed E-state index contributed by atoms with van der Waals surface area (Å²) in [5.74, 6) is -2.59. The highest BCUT2D eigenvalue weighted by atomic mass is 35.5. The summed E-state index contributed by atoms with van der Waals surface area (Å²) in [6.07, 6.45) is -1.72. The molecule has 7 N–H and O–H groups in total. The van der Waals surface area contributed by atoms with Crippen molar-refractivity contribution in [2.24, 2.45) is 11.5 Å². The third kappa shape index (κ3) is 9.29. The van der Waals surface area contributed by atoms with Crippen LogP contribution in [0.15, 0.2) is 30.3 Å². The van der Waals surface area contributed by atoms with Crippen molar-refractivity contribution in [1.82, 2.24) is 15.5 Å². The molecular weight excluding hydrogens is 497 g/mol. The number of aliphatic hydroxyl groups excluding tert-OH is 1. The van der Waals surface area contributed by atoms with Crippen LogP contribution in [0.4, 0.5) is 0 Å². The lowest BCUT2D eigenvalue weighted by Crippen LogP contribution is -2.58. The molecule has 0 bridgehead atoms. The van der Waals surface area contributed by atoms with Gasteiger partial charge in [0, 0.05) is 12.1 Å². The molecule has 1 heterocycles. The number of halogens is 2. The minimum atomic E-state index is -1.68. The lowest BCUT2D eigenvalue weighted by Gasteiger charge is -2.32. The molecule has 12 heteroatoms. The van der Waals surface area contributed by atoms with Crippen LogP contribution in [0.3, 0.4) is 0 Å². The molecule has 3 unspecified atom stereocenters. The number of carbonyl (C=O) groups excluding carboxylic acids is 4. The van der Waals surface area contributed by atoms with Crippen LogP contribution >= 0.6 is 24.0 Å². The van der Waals surface area contributed by atoms with Gasteiger partial charge in [-0.3, -0.25) is 19.2 Å². The number of alkyl halides is 1. The molecule has 0 aromatic heterocycles. The normalized spacial score (nSPS) is 20.2. The van der Waals surface area contributed by atoms with Crippen LogP contribution in [-0.4, -0.2) is 75.3 Å². The average Bonchev–Trinajstić information content (AvgIpc) is 3.13. The van der Waals surface area contributed by atoms with Crippen LogP contribution in [0.1, 0.15) is 39.2 Å². The maximum atomic E-state index is 13.3. The van der Waals surface area contributed by atoms with Gasteiger partial charge in [-0.2, -0.15) is 0 Å². The van der Waals surface area contributed by atoms with Crippen molar-refractivity contribution in [3.05, 3.63) is 35.9 Å². The lowest BCUT2D eigenvalue weighted by molar-refractivity contribution is -0.147. The van der Waals surface area contributed by atoms with Gasteiger partial charge in [0.25, 0.3) is 5.91 Å². The lowest BCUT2D eigenvalue weighted by atomic mass is 9.99. The van der Waals surface area contributed by atoms with Crippen molar-refractivity contribution in [3.8, 4) is 0 Å². The van der Waals surface area contributed by atoms with E-state index in [0.717, 1.165) is 5.56 Å². The smallest absolute Gasteiger partial charge is 0.254 e. The van der Waals surface area contributed by atoms with Crippen molar-refractivity contribution in [3.63, 3.8) is 0 Å². The molecule has 1 aliphatic rings. The van der Waals surface area contributed by atoms with Gasteiger partial charge in [0.1, 0.15) is 6.04 Å². The van der Waals surface area contributed by atoms with Gasteiger partial charge in [-0.05, 0) is 39.2 Å². The summed E-state index contributed by atoms with van der Waals surface area (Å²) >= 11 is 6.26. The summed E-state index contributed by atoms with van der Waals surface area (Å²) in [6.45, 7) is 5.53. The van der Waals surface area contributed by atoms with Crippen molar-refractivity contribution >= 4 is 47.6 Å². The number of likely N-dealkylation sites (tertiary alicyclic amines) is 1. The summed E-state index contributed by atoms with van der Waals surface area (Å²) in [5, 5.41) is 16.0. The standard InChI is InChI=1S/C23H34ClN5O5.ClH/c1-23(2,3)28-21(33)17-10-14(24)12-29(17)22(34)19(31)16(9-13-7-5-4-6-8-13)27-20(32)15(25)11-18(26)30;/h4-8,14-17,19,31H,9-12,25H2,1-3H3,(H2,26,30)(H,27,32)(H,28,33);1H/t14?,15-,16?,17-,19?;/m0./s1. The number of aliphatic hydroxyl groups is 1. The van der Waals surface area contributed by atoms with Crippen molar-refractivity contribution in [2.75, 3.05) is 6.54 Å². The van der Waals surface area contributed by atoms with Crippen molar-refractivity contribution in [1.29, 1.82) is 0 Å². The summed E-state index contributed by atoms with van der Waals surface area (Å²) in [7, 11) is 0. The van der Waals surface area contributed by atoms with Crippen molar-refractivity contribution < 1.29 is 24.3 Å². The molecule has 0 spiro atoms. The van der Waals surface area contributed by atoms with E-state index in [9.17, 15) is 24.3 Å². The number of nitrogens with one attached hydrogen (secondary N) is 2. The first kappa shape index (κ1) is 30.6. The molecule has 0 radical (unpaired) electrons. The molecule has 5 atom stereocenters. The van der Waals surface area contributed by atoms with Gasteiger partial charge in [-0.1, -0.05) is 30.3 Å². The van der Waals surface area contributed by atoms with Gasteiger partial charge in [0.05, 0.1) is 23.9 Å². The molecule has 196 valence electrons. The number of carbonyl (C=O) groups is 4. The number of nitrogens with zero attached hydrogens (tertiary/aromatic N) is 1. The Balaban J connectivity index is 0.00000612. The van der Waals surface area contributed by atoms with Gasteiger partial charge in [-0.25, -0.2) is 0 Å². The second kappa shape index (κ2) is 13.1. The Morgan fingerprint density at radius 1 is 1.20 bits per heavy atom. The molecule has 0 saturated carbocycles. The Hall–Kier alpha value is -2.40. The predicted molar refractivity (Wildman–Crippen MR) is 135 cm³/mol. The maximum Gasteiger partial charge on any atom is 0.254 e. The van der Waals surface area contributed by atoms with E-state index in [1.807, 2.05) is 26.8 Å². The topological polar surface area (TPSA) is 168 Å². The van der Waals surface area contributed by atoms with Crippen LogP contribution in [0.25, 0.3) is 0 Å². The van der Waals surface area contributed by atoms with E-state index in [4.69, 9.17) is 23.1 Å². The third-order valence-corrected chi connectivity index (χ3v) is 5.67. The van der Waals surface area contributed by atoms with Gasteiger partial charge in [0.2, 0.25) is 17.7 Å². The maximum absolute atomic E-state index is 13.3. The number of primary amides is 1. The van der Waals surface area contributed by atoms with E-state index in [1.165, 1.54) is 4.90 Å². The number of benzene rings is 1. The van der Waals surface area contributed by atoms with Crippen LogP contribution < -0.4 is 22.1 Å². The van der Waals surface area contributed by atoms with E-state index in [2.05, 4.69) is 10.6 Å². The largest absolute Gasteiger partial charge is 0.381 e. The monoisotopic (exact) mass is 531 g/mol. The van der Waals surface area contributed by atoms with E-state index < -0.39 is 52.9 Å². The molecular formula is C23H35Cl2N5O5. The molecule has 35 heavy (non-hydrogen) atoms. The first-order valence-electron chi connectivity index (χ1n) is 11.1. The molecule has 0 aliphatic carbocycles. The van der Waals surface area contributed by atoms with Crippen LogP contribution in [0.5, 0.6) is 0 Å². The first-order chi connectivity index (χ1) is 15.8. The molecule has 4 amide bonds. The Bertz CT molecular complexity index is 896. The number of rotatable bonds is 9. The van der Waals surface area contributed by atoms with Crippen LogP contribution in [0, 0.1) is 0 Å². The first-order valence-corrected chi connectivity index (χ1v) is 11.5. The molecule has 1 saturated heterocycles. The zero-order valence-corrected chi connectivity index (χ0v) is 21.6. The predicted octanol–water partition coefficient (Wildman–Crippen LogP) is -0.178.